The maximum absolute atomic E-state index is 13.3. The van der Waals surface area contributed by atoms with Crippen LogP contribution >= 0.6 is 0 Å². The SMILES string of the molecule is COc1cc(-c2oc3cc(O)cc(O)c3c(=O)c2O[C@@H]2O[C@H](CO)[C@@H](O)[C@@H](O)[C@H]2O)ccc1O. The van der Waals surface area contributed by atoms with Crippen molar-refractivity contribution >= 4 is 11.0 Å². The number of rotatable bonds is 5. The minimum atomic E-state index is -1.83. The maximum atomic E-state index is 13.3. The van der Waals surface area contributed by atoms with Crippen molar-refractivity contribution in [2.45, 2.75) is 30.7 Å². The molecule has 182 valence electrons. The summed E-state index contributed by atoms with van der Waals surface area (Å²) in [6.07, 6.45) is -8.29. The normalized spacial score (nSPS) is 24.8. The molecule has 12 nitrogen and oxygen atoms in total. The van der Waals surface area contributed by atoms with Gasteiger partial charge >= 0.3 is 0 Å². The van der Waals surface area contributed by atoms with Crippen molar-refractivity contribution in [3.63, 3.8) is 0 Å². The van der Waals surface area contributed by atoms with Gasteiger partial charge in [-0.3, -0.25) is 4.79 Å². The number of methoxy groups -OCH3 is 1. The Balaban J connectivity index is 1.92. The molecule has 1 aliphatic rings. The van der Waals surface area contributed by atoms with Crippen molar-refractivity contribution < 1.29 is 54.4 Å². The van der Waals surface area contributed by atoms with Gasteiger partial charge in [-0.25, -0.2) is 0 Å². The van der Waals surface area contributed by atoms with Crippen LogP contribution in [0.25, 0.3) is 22.3 Å². The molecule has 1 aliphatic heterocycles. The van der Waals surface area contributed by atoms with Crippen LogP contribution in [0.3, 0.4) is 0 Å². The van der Waals surface area contributed by atoms with Crippen molar-refractivity contribution in [2.24, 2.45) is 0 Å². The number of fused-ring (bicyclic) bond motifs is 1. The molecule has 0 unspecified atom stereocenters. The number of aromatic hydroxyl groups is 3. The van der Waals surface area contributed by atoms with E-state index in [9.17, 15) is 40.5 Å². The van der Waals surface area contributed by atoms with Crippen LogP contribution in [0, 0.1) is 0 Å². The molecule has 1 aromatic heterocycles. The second kappa shape index (κ2) is 9.00. The monoisotopic (exact) mass is 478 g/mol. The van der Waals surface area contributed by atoms with Gasteiger partial charge in [0.2, 0.25) is 17.5 Å². The molecule has 2 aromatic carbocycles. The Morgan fingerprint density at radius 3 is 2.38 bits per heavy atom. The first-order chi connectivity index (χ1) is 16.2. The molecule has 34 heavy (non-hydrogen) atoms. The molecule has 1 fully saturated rings. The first kappa shape index (κ1) is 23.6. The first-order valence-corrected chi connectivity index (χ1v) is 10.0. The molecule has 7 N–H and O–H groups in total. The van der Waals surface area contributed by atoms with Gasteiger partial charge in [0.15, 0.2) is 17.3 Å². The highest BCUT2D eigenvalue weighted by atomic mass is 16.7. The third-order valence-electron chi connectivity index (χ3n) is 5.44. The average molecular weight is 478 g/mol. The van der Waals surface area contributed by atoms with E-state index in [2.05, 4.69) is 0 Å². The summed E-state index contributed by atoms with van der Waals surface area (Å²) in [5, 5.41) is 69.4. The van der Waals surface area contributed by atoms with Crippen LogP contribution in [-0.4, -0.2) is 80.2 Å². The van der Waals surface area contributed by atoms with Gasteiger partial charge < -0.3 is 54.4 Å². The number of phenols is 3. The third kappa shape index (κ3) is 3.97. The van der Waals surface area contributed by atoms with Crippen LogP contribution in [0.1, 0.15) is 0 Å². The molecular formula is C22H22O12. The largest absolute Gasteiger partial charge is 0.508 e. The molecule has 0 spiro atoms. The number of aliphatic hydroxyl groups excluding tert-OH is 4. The highest BCUT2D eigenvalue weighted by Gasteiger charge is 2.45. The Hall–Kier alpha value is -3.55. The Bertz CT molecular complexity index is 1270. The van der Waals surface area contributed by atoms with E-state index >= 15 is 0 Å². The molecule has 0 amide bonds. The van der Waals surface area contributed by atoms with Crippen molar-refractivity contribution in [3.8, 4) is 40.1 Å². The molecule has 0 saturated carbocycles. The standard InChI is InChI=1S/C22H22O12/c1-31-12-4-8(2-3-10(12)25)20-21(17(28)15-11(26)5-9(24)6-13(15)32-20)34-22-19(30)18(29)16(27)14(7-23)33-22/h2-6,14,16,18-19,22-27,29-30H,7H2,1H3/t14-,16-,18-,19-,22+/m1/s1. The predicted molar refractivity (Wildman–Crippen MR) is 114 cm³/mol. The van der Waals surface area contributed by atoms with Gasteiger partial charge in [0.25, 0.3) is 0 Å². The summed E-state index contributed by atoms with van der Waals surface area (Å²) in [5.74, 6) is -2.00. The fourth-order valence-corrected chi connectivity index (χ4v) is 3.67. The van der Waals surface area contributed by atoms with Crippen molar-refractivity contribution in [3.05, 3.63) is 40.6 Å². The zero-order chi connectivity index (χ0) is 24.7. The molecule has 12 heteroatoms. The van der Waals surface area contributed by atoms with E-state index < -0.39 is 54.2 Å². The highest BCUT2D eigenvalue weighted by molar-refractivity contribution is 5.88. The lowest BCUT2D eigenvalue weighted by atomic mass is 9.99. The number of hydrogen-bond acceptors (Lipinski definition) is 12. The van der Waals surface area contributed by atoms with E-state index in [0.29, 0.717) is 0 Å². The number of phenolic OH excluding ortho intramolecular Hbond substituents is 3. The van der Waals surface area contributed by atoms with Gasteiger partial charge in [-0.1, -0.05) is 0 Å². The second-order valence-corrected chi connectivity index (χ2v) is 7.63. The van der Waals surface area contributed by atoms with Crippen molar-refractivity contribution in [1.29, 1.82) is 0 Å². The highest BCUT2D eigenvalue weighted by Crippen LogP contribution is 2.39. The number of benzene rings is 2. The lowest BCUT2D eigenvalue weighted by molar-refractivity contribution is -0.277. The van der Waals surface area contributed by atoms with Crippen LogP contribution in [0.4, 0.5) is 0 Å². The third-order valence-corrected chi connectivity index (χ3v) is 5.44. The zero-order valence-electron chi connectivity index (χ0n) is 17.7. The van der Waals surface area contributed by atoms with Gasteiger partial charge in [-0.05, 0) is 18.2 Å². The van der Waals surface area contributed by atoms with Crippen LogP contribution in [-0.2, 0) is 4.74 Å². The maximum Gasteiger partial charge on any atom is 0.239 e. The smallest absolute Gasteiger partial charge is 0.239 e. The van der Waals surface area contributed by atoms with E-state index in [4.69, 9.17) is 18.6 Å². The summed E-state index contributed by atoms with van der Waals surface area (Å²) >= 11 is 0. The second-order valence-electron chi connectivity index (χ2n) is 7.63. The van der Waals surface area contributed by atoms with E-state index in [1.165, 1.54) is 25.3 Å². The average Bonchev–Trinajstić information content (AvgIpc) is 2.80. The number of ether oxygens (including phenoxy) is 3. The van der Waals surface area contributed by atoms with Gasteiger partial charge in [-0.15, -0.1) is 0 Å². The van der Waals surface area contributed by atoms with Crippen LogP contribution in [0.15, 0.2) is 39.5 Å². The molecule has 3 aromatic rings. The van der Waals surface area contributed by atoms with Gasteiger partial charge in [0.1, 0.15) is 46.9 Å². The Morgan fingerprint density at radius 2 is 1.71 bits per heavy atom. The fraction of sp³-hybridized carbons (Fsp3) is 0.318. The summed E-state index contributed by atoms with van der Waals surface area (Å²) in [6.45, 7) is -0.723. The summed E-state index contributed by atoms with van der Waals surface area (Å²) in [6, 6.07) is 5.96. The minimum absolute atomic E-state index is 0.0257. The molecule has 0 bridgehead atoms. The van der Waals surface area contributed by atoms with Crippen LogP contribution in [0.2, 0.25) is 0 Å². The van der Waals surface area contributed by atoms with E-state index in [0.717, 1.165) is 12.1 Å². The molecule has 5 atom stereocenters. The Labute approximate surface area is 191 Å². The zero-order valence-corrected chi connectivity index (χ0v) is 17.7. The first-order valence-electron chi connectivity index (χ1n) is 10.0. The lowest BCUT2D eigenvalue weighted by Gasteiger charge is -2.39. The van der Waals surface area contributed by atoms with E-state index in [1.54, 1.807) is 0 Å². The molecule has 2 heterocycles. The summed E-state index contributed by atoms with van der Waals surface area (Å²) in [5.41, 5.74) is -0.959. The minimum Gasteiger partial charge on any atom is -0.508 e. The summed E-state index contributed by atoms with van der Waals surface area (Å²) in [7, 11) is 1.30. The molecule has 0 aliphatic carbocycles. The molecule has 0 radical (unpaired) electrons. The summed E-state index contributed by atoms with van der Waals surface area (Å²) in [4.78, 5) is 13.3. The van der Waals surface area contributed by atoms with Crippen molar-refractivity contribution in [2.75, 3.05) is 13.7 Å². The summed E-state index contributed by atoms with van der Waals surface area (Å²) < 4.78 is 21.8. The van der Waals surface area contributed by atoms with Gasteiger partial charge in [0.05, 0.1) is 13.7 Å². The quantitative estimate of drug-likeness (QED) is 0.254. The number of aliphatic hydroxyl groups is 4. The molecular weight excluding hydrogens is 456 g/mol. The van der Waals surface area contributed by atoms with Crippen molar-refractivity contribution in [1.82, 2.24) is 0 Å². The van der Waals surface area contributed by atoms with Crippen LogP contribution in [0.5, 0.6) is 28.7 Å². The fourth-order valence-electron chi connectivity index (χ4n) is 3.67. The van der Waals surface area contributed by atoms with E-state index in [1.807, 2.05) is 0 Å². The number of hydrogen-bond donors (Lipinski definition) is 7. The van der Waals surface area contributed by atoms with Gasteiger partial charge in [0, 0.05) is 17.7 Å². The van der Waals surface area contributed by atoms with Gasteiger partial charge in [-0.2, -0.15) is 0 Å². The Morgan fingerprint density at radius 1 is 0.971 bits per heavy atom. The molecule has 1 saturated heterocycles. The predicted octanol–water partition coefficient (Wildman–Crippen LogP) is -0.236. The van der Waals surface area contributed by atoms with Crippen LogP contribution < -0.4 is 14.9 Å². The Kier molecular flexibility index (Phi) is 6.25. The topological polar surface area (TPSA) is 200 Å². The van der Waals surface area contributed by atoms with E-state index in [-0.39, 0.29) is 39.5 Å². The lowest BCUT2D eigenvalue weighted by Crippen LogP contribution is -2.60. The molecule has 4 rings (SSSR count).